The molecule has 1 saturated heterocycles. The second-order valence-electron chi connectivity index (χ2n) is 6.96. The number of benzene rings is 2. The van der Waals surface area contributed by atoms with Crippen LogP contribution in [0.2, 0.25) is 0 Å². The summed E-state index contributed by atoms with van der Waals surface area (Å²) in [6, 6.07) is 10.1. The summed E-state index contributed by atoms with van der Waals surface area (Å²) in [5.74, 6) is -0.919. The fraction of sp³-hybridized carbons (Fsp3) is 0.300. The van der Waals surface area contributed by atoms with E-state index in [0.29, 0.717) is 17.3 Å². The highest BCUT2D eigenvalue weighted by Gasteiger charge is 2.23. The fourth-order valence-corrected chi connectivity index (χ4v) is 3.24. The molecule has 0 bridgehead atoms. The fourth-order valence-electron chi connectivity index (χ4n) is 3.24. The number of nitrogens with one attached hydrogen (secondary N) is 1. The van der Waals surface area contributed by atoms with Gasteiger partial charge in [0.25, 0.3) is 11.6 Å². The lowest BCUT2D eigenvalue weighted by Crippen LogP contribution is -2.34. The Morgan fingerprint density at radius 1 is 1.14 bits per heavy atom. The molecule has 0 atom stereocenters. The minimum Gasteiger partial charge on any atom is -0.478 e. The molecule has 0 saturated carbocycles. The minimum absolute atomic E-state index is 0.108. The van der Waals surface area contributed by atoms with Crippen LogP contribution in [0.5, 0.6) is 0 Å². The smallest absolute Gasteiger partial charge is 0.335 e. The van der Waals surface area contributed by atoms with Gasteiger partial charge in [-0.15, -0.1) is 0 Å². The lowest BCUT2D eigenvalue weighted by atomic mass is 9.98. The van der Waals surface area contributed by atoms with E-state index in [1.54, 1.807) is 6.07 Å². The normalized spacial score (nSPS) is 14.5. The molecule has 1 fully saturated rings. The molecule has 1 aliphatic rings. The van der Waals surface area contributed by atoms with Crippen molar-refractivity contribution in [2.24, 2.45) is 5.92 Å². The topological polar surface area (TPSA) is 113 Å². The van der Waals surface area contributed by atoms with Gasteiger partial charge in [0.2, 0.25) is 0 Å². The van der Waals surface area contributed by atoms with Gasteiger partial charge < -0.3 is 15.3 Å². The Bertz CT molecular complexity index is 903. The maximum absolute atomic E-state index is 12.9. The highest BCUT2D eigenvalue weighted by atomic mass is 16.6. The number of nitro groups is 1. The van der Waals surface area contributed by atoms with Crippen LogP contribution in [-0.4, -0.2) is 35.0 Å². The number of rotatable bonds is 5. The summed E-state index contributed by atoms with van der Waals surface area (Å²) >= 11 is 0. The first kappa shape index (κ1) is 19.3. The number of carboxylic acid groups (broad SMARTS) is 1. The molecule has 8 heteroatoms. The van der Waals surface area contributed by atoms with E-state index in [1.807, 2.05) is 0 Å². The van der Waals surface area contributed by atoms with Gasteiger partial charge in [-0.2, -0.15) is 0 Å². The highest BCUT2D eigenvalue weighted by Crippen LogP contribution is 2.30. The van der Waals surface area contributed by atoms with Crippen molar-refractivity contribution in [2.45, 2.75) is 19.8 Å². The Labute approximate surface area is 161 Å². The second-order valence-corrected chi connectivity index (χ2v) is 6.96. The Kier molecular flexibility index (Phi) is 5.58. The Morgan fingerprint density at radius 3 is 2.36 bits per heavy atom. The molecule has 0 unspecified atom stereocenters. The van der Waals surface area contributed by atoms with Crippen LogP contribution < -0.4 is 10.2 Å². The Balaban J connectivity index is 1.88. The third-order valence-corrected chi connectivity index (χ3v) is 4.95. The Morgan fingerprint density at radius 2 is 1.79 bits per heavy atom. The van der Waals surface area contributed by atoms with Crippen LogP contribution in [-0.2, 0) is 0 Å². The predicted octanol–water partition coefficient (Wildman–Crippen LogP) is 3.78. The number of aromatic carboxylic acids is 1. The number of hydrogen-bond acceptors (Lipinski definition) is 5. The molecule has 8 nitrogen and oxygen atoms in total. The number of amides is 1. The van der Waals surface area contributed by atoms with Gasteiger partial charge in [-0.1, -0.05) is 6.92 Å². The molecule has 0 radical (unpaired) electrons. The highest BCUT2D eigenvalue weighted by molar-refractivity contribution is 6.08. The maximum atomic E-state index is 12.9. The average Bonchev–Trinajstić information content (AvgIpc) is 2.68. The summed E-state index contributed by atoms with van der Waals surface area (Å²) in [6.07, 6.45) is 1.99. The van der Waals surface area contributed by atoms with Gasteiger partial charge in [-0.05, 0) is 49.1 Å². The summed E-state index contributed by atoms with van der Waals surface area (Å²) in [7, 11) is 0. The average molecular weight is 383 g/mol. The summed E-state index contributed by atoms with van der Waals surface area (Å²) in [4.78, 5) is 36.5. The SMILES string of the molecule is CC1CCN(c2ccc([N+](=O)[O-])cc2C(=O)Nc2ccc(C(=O)O)cc2)CC1. The third-order valence-electron chi connectivity index (χ3n) is 4.95. The number of piperidine rings is 1. The third kappa shape index (κ3) is 4.28. The summed E-state index contributed by atoms with van der Waals surface area (Å²) in [5, 5.41) is 22.8. The zero-order valence-electron chi connectivity index (χ0n) is 15.4. The molecule has 1 amide bonds. The van der Waals surface area contributed by atoms with Gasteiger partial charge in [0.15, 0.2) is 0 Å². The van der Waals surface area contributed by atoms with Crippen molar-refractivity contribution in [3.05, 3.63) is 63.7 Å². The van der Waals surface area contributed by atoms with Crippen molar-refractivity contribution in [3.8, 4) is 0 Å². The largest absolute Gasteiger partial charge is 0.478 e. The van der Waals surface area contributed by atoms with Gasteiger partial charge in [-0.3, -0.25) is 14.9 Å². The minimum atomic E-state index is -1.06. The van der Waals surface area contributed by atoms with Crippen LogP contribution in [0, 0.1) is 16.0 Å². The quantitative estimate of drug-likeness (QED) is 0.600. The van der Waals surface area contributed by atoms with E-state index >= 15 is 0 Å². The van der Waals surface area contributed by atoms with Crippen LogP contribution >= 0.6 is 0 Å². The van der Waals surface area contributed by atoms with E-state index < -0.39 is 16.8 Å². The number of carboxylic acids is 1. The van der Waals surface area contributed by atoms with Gasteiger partial charge in [0.05, 0.1) is 21.7 Å². The van der Waals surface area contributed by atoms with Crippen molar-refractivity contribution in [2.75, 3.05) is 23.3 Å². The first-order chi connectivity index (χ1) is 13.3. The lowest BCUT2D eigenvalue weighted by molar-refractivity contribution is -0.384. The standard InChI is InChI=1S/C20H21N3O5/c1-13-8-10-22(11-9-13)18-7-6-16(23(27)28)12-17(18)19(24)21-15-4-2-14(3-5-15)20(25)26/h2-7,12-13H,8-11H2,1H3,(H,21,24)(H,25,26). The number of nitrogens with zero attached hydrogens (tertiary/aromatic N) is 2. The first-order valence-corrected chi connectivity index (χ1v) is 9.03. The molecule has 0 spiro atoms. The van der Waals surface area contributed by atoms with Crippen LogP contribution in [0.15, 0.2) is 42.5 Å². The molecule has 146 valence electrons. The summed E-state index contributed by atoms with van der Waals surface area (Å²) in [6.45, 7) is 3.75. The molecular weight excluding hydrogens is 362 g/mol. The molecule has 0 aliphatic carbocycles. The summed E-state index contributed by atoms with van der Waals surface area (Å²) in [5.41, 5.74) is 1.26. The van der Waals surface area contributed by atoms with E-state index in [2.05, 4.69) is 17.1 Å². The van der Waals surface area contributed by atoms with Crippen LogP contribution in [0.4, 0.5) is 17.1 Å². The van der Waals surface area contributed by atoms with Crippen molar-refractivity contribution >= 4 is 28.9 Å². The molecule has 1 aliphatic heterocycles. The number of nitro benzene ring substituents is 1. The molecule has 1 heterocycles. The zero-order valence-corrected chi connectivity index (χ0v) is 15.4. The van der Waals surface area contributed by atoms with E-state index in [1.165, 1.54) is 36.4 Å². The van der Waals surface area contributed by atoms with E-state index in [9.17, 15) is 19.7 Å². The maximum Gasteiger partial charge on any atom is 0.335 e. The number of hydrogen-bond donors (Lipinski definition) is 2. The molecular formula is C20H21N3O5. The van der Waals surface area contributed by atoms with Crippen molar-refractivity contribution in [1.82, 2.24) is 0 Å². The van der Waals surface area contributed by atoms with E-state index in [4.69, 9.17) is 5.11 Å². The number of non-ortho nitro benzene ring substituents is 1. The molecule has 2 aromatic rings. The molecule has 2 N–H and O–H groups in total. The lowest BCUT2D eigenvalue weighted by Gasteiger charge is -2.33. The van der Waals surface area contributed by atoms with Crippen LogP contribution in [0.25, 0.3) is 0 Å². The van der Waals surface area contributed by atoms with E-state index in [-0.39, 0.29) is 16.8 Å². The Hall–Kier alpha value is -3.42. The van der Waals surface area contributed by atoms with Crippen molar-refractivity contribution < 1.29 is 19.6 Å². The van der Waals surface area contributed by atoms with E-state index in [0.717, 1.165) is 25.9 Å². The van der Waals surface area contributed by atoms with Crippen LogP contribution in [0.3, 0.4) is 0 Å². The second kappa shape index (κ2) is 8.08. The van der Waals surface area contributed by atoms with Crippen molar-refractivity contribution in [3.63, 3.8) is 0 Å². The number of carbonyl (C=O) groups excluding carboxylic acids is 1. The monoisotopic (exact) mass is 383 g/mol. The number of anilines is 2. The molecule has 3 rings (SSSR count). The van der Waals surface area contributed by atoms with Gasteiger partial charge in [-0.25, -0.2) is 4.79 Å². The molecule has 28 heavy (non-hydrogen) atoms. The van der Waals surface area contributed by atoms with Gasteiger partial charge >= 0.3 is 5.97 Å². The summed E-state index contributed by atoms with van der Waals surface area (Å²) < 4.78 is 0. The zero-order chi connectivity index (χ0) is 20.3. The van der Waals surface area contributed by atoms with Gasteiger partial charge in [0.1, 0.15) is 0 Å². The predicted molar refractivity (Wildman–Crippen MR) is 105 cm³/mol. The molecule has 2 aromatic carbocycles. The van der Waals surface area contributed by atoms with Crippen LogP contribution in [0.1, 0.15) is 40.5 Å². The van der Waals surface area contributed by atoms with Gasteiger partial charge in [0, 0.05) is 30.9 Å². The first-order valence-electron chi connectivity index (χ1n) is 9.03. The number of carbonyl (C=O) groups is 2. The molecule has 0 aromatic heterocycles. The van der Waals surface area contributed by atoms with Crippen molar-refractivity contribution in [1.29, 1.82) is 0 Å².